The summed E-state index contributed by atoms with van der Waals surface area (Å²) in [6.45, 7) is 0. The highest BCUT2D eigenvalue weighted by Crippen LogP contribution is 2.42. The third-order valence-electron chi connectivity index (χ3n) is 9.83. The number of hydrogen-bond donors (Lipinski definition) is 0. The van der Waals surface area contributed by atoms with Crippen LogP contribution in [0.1, 0.15) is 0 Å². The minimum absolute atomic E-state index is 0.892. The summed E-state index contributed by atoms with van der Waals surface area (Å²) in [5.41, 5.74) is 11.0. The van der Waals surface area contributed by atoms with E-state index in [1.165, 1.54) is 43.7 Å². The second-order valence-corrected chi connectivity index (χ2v) is 13.6. The van der Waals surface area contributed by atoms with E-state index in [0.29, 0.717) is 0 Å². The molecular weight excluding hydrogens is 676 g/mol. The van der Waals surface area contributed by atoms with E-state index in [1.807, 2.05) is 12.1 Å². The van der Waals surface area contributed by atoms with Crippen LogP contribution >= 0.6 is 15.9 Å². The Bertz CT molecular complexity index is 2870. The molecule has 0 saturated heterocycles. The second kappa shape index (κ2) is 11.5. The van der Waals surface area contributed by atoms with Gasteiger partial charge >= 0.3 is 0 Å². The van der Waals surface area contributed by atoms with Gasteiger partial charge in [0.1, 0.15) is 11.2 Å². The van der Waals surface area contributed by atoms with Gasteiger partial charge in [0.25, 0.3) is 0 Å². The number of aromatic nitrogens is 1. The van der Waals surface area contributed by atoms with E-state index in [0.717, 1.165) is 49.2 Å². The van der Waals surface area contributed by atoms with Gasteiger partial charge in [-0.3, -0.25) is 0 Å². The molecule has 0 bridgehead atoms. The third kappa shape index (κ3) is 4.57. The fraction of sp³-hybridized carbons (Fsp3) is 0. The van der Waals surface area contributed by atoms with Crippen LogP contribution in [0.2, 0.25) is 0 Å². The zero-order valence-corrected chi connectivity index (χ0v) is 28.5. The molecule has 236 valence electrons. The standard InChI is InChI=1S/C46H29BrN2O/c47-40-15-9-16-41-46(40)45-37-25-20-31(28-32(37)21-26-42(45)49(41)34-12-5-2-6-13-34)30-18-22-35(23-19-30)48(33-10-3-1-4-11-33)36-24-27-44-39(29-36)38-14-7-8-17-43(38)50-44/h1-29H. The highest BCUT2D eigenvalue weighted by molar-refractivity contribution is 9.10. The zero-order valence-electron chi connectivity index (χ0n) is 26.9. The lowest BCUT2D eigenvalue weighted by atomic mass is 9.98. The van der Waals surface area contributed by atoms with E-state index in [4.69, 9.17) is 4.42 Å². The van der Waals surface area contributed by atoms with Gasteiger partial charge in [0.05, 0.1) is 11.0 Å². The molecule has 0 atom stereocenters. The summed E-state index contributed by atoms with van der Waals surface area (Å²) >= 11 is 3.89. The summed E-state index contributed by atoms with van der Waals surface area (Å²) in [7, 11) is 0. The molecule has 0 aliphatic heterocycles. The topological polar surface area (TPSA) is 21.3 Å². The number of para-hydroxylation sites is 3. The molecule has 0 N–H and O–H groups in total. The van der Waals surface area contributed by atoms with Crippen LogP contribution in [-0.2, 0) is 0 Å². The second-order valence-electron chi connectivity index (χ2n) is 12.7. The van der Waals surface area contributed by atoms with E-state index in [-0.39, 0.29) is 0 Å². The molecule has 50 heavy (non-hydrogen) atoms. The van der Waals surface area contributed by atoms with Crippen LogP contribution in [0.4, 0.5) is 17.1 Å². The maximum absolute atomic E-state index is 6.14. The summed E-state index contributed by atoms with van der Waals surface area (Å²) < 4.78 is 9.61. The van der Waals surface area contributed by atoms with Crippen molar-refractivity contribution in [1.29, 1.82) is 0 Å². The molecule has 0 amide bonds. The quantitative estimate of drug-likeness (QED) is 0.178. The van der Waals surface area contributed by atoms with Gasteiger partial charge in [-0.1, -0.05) is 107 Å². The number of hydrogen-bond acceptors (Lipinski definition) is 2. The van der Waals surface area contributed by atoms with Gasteiger partial charge in [-0.2, -0.15) is 0 Å². The molecule has 2 aromatic heterocycles. The first-order valence-corrected chi connectivity index (χ1v) is 17.6. The normalized spacial score (nSPS) is 11.7. The van der Waals surface area contributed by atoms with Gasteiger partial charge in [0, 0.05) is 48.8 Å². The Kier molecular flexibility index (Phi) is 6.64. The number of benzene rings is 8. The predicted molar refractivity (Wildman–Crippen MR) is 213 cm³/mol. The lowest BCUT2D eigenvalue weighted by Gasteiger charge is -2.25. The van der Waals surface area contributed by atoms with Crippen LogP contribution < -0.4 is 4.90 Å². The van der Waals surface area contributed by atoms with Gasteiger partial charge < -0.3 is 13.9 Å². The van der Waals surface area contributed by atoms with Crippen LogP contribution in [0.5, 0.6) is 0 Å². The Morgan fingerprint density at radius 1 is 0.440 bits per heavy atom. The monoisotopic (exact) mass is 704 g/mol. The molecule has 10 rings (SSSR count). The molecule has 0 fully saturated rings. The lowest BCUT2D eigenvalue weighted by molar-refractivity contribution is 0.669. The minimum Gasteiger partial charge on any atom is -0.456 e. The van der Waals surface area contributed by atoms with Crippen molar-refractivity contribution >= 4 is 87.5 Å². The van der Waals surface area contributed by atoms with E-state index in [2.05, 4.69) is 189 Å². The van der Waals surface area contributed by atoms with E-state index in [9.17, 15) is 0 Å². The van der Waals surface area contributed by atoms with Crippen molar-refractivity contribution in [2.75, 3.05) is 4.90 Å². The molecule has 0 unspecified atom stereocenters. The number of rotatable bonds is 5. The van der Waals surface area contributed by atoms with Gasteiger partial charge in [0.15, 0.2) is 0 Å². The summed E-state index contributed by atoms with van der Waals surface area (Å²) in [5, 5.41) is 7.19. The number of anilines is 3. The molecule has 0 radical (unpaired) electrons. The largest absolute Gasteiger partial charge is 0.456 e. The zero-order chi connectivity index (χ0) is 33.2. The molecule has 8 aromatic carbocycles. The fourth-order valence-corrected chi connectivity index (χ4v) is 8.11. The molecular formula is C46H29BrN2O. The van der Waals surface area contributed by atoms with Gasteiger partial charge in [-0.05, 0) is 107 Å². The Morgan fingerprint density at radius 3 is 1.96 bits per heavy atom. The number of halogens is 1. The predicted octanol–water partition coefficient (Wildman–Crippen LogP) is 13.7. The van der Waals surface area contributed by atoms with Crippen LogP contribution in [0.25, 0.3) is 71.3 Å². The van der Waals surface area contributed by atoms with E-state index < -0.39 is 0 Å². The summed E-state index contributed by atoms with van der Waals surface area (Å²) in [4.78, 5) is 2.31. The van der Waals surface area contributed by atoms with Gasteiger partial charge in [-0.25, -0.2) is 0 Å². The molecule has 4 heteroatoms. The van der Waals surface area contributed by atoms with E-state index >= 15 is 0 Å². The first-order chi connectivity index (χ1) is 24.7. The van der Waals surface area contributed by atoms with Crippen molar-refractivity contribution in [2.45, 2.75) is 0 Å². The average Bonchev–Trinajstić information content (AvgIpc) is 3.72. The molecule has 0 aliphatic carbocycles. The van der Waals surface area contributed by atoms with Crippen molar-refractivity contribution in [3.05, 3.63) is 180 Å². The van der Waals surface area contributed by atoms with E-state index in [1.54, 1.807) is 0 Å². The van der Waals surface area contributed by atoms with Crippen molar-refractivity contribution in [2.24, 2.45) is 0 Å². The molecule has 0 saturated carbocycles. The van der Waals surface area contributed by atoms with Crippen molar-refractivity contribution < 1.29 is 4.42 Å². The number of fused-ring (bicyclic) bond motifs is 8. The fourth-order valence-electron chi connectivity index (χ4n) is 7.56. The minimum atomic E-state index is 0.892. The molecule has 2 heterocycles. The molecule has 10 aromatic rings. The average molecular weight is 706 g/mol. The maximum atomic E-state index is 6.14. The Hall–Kier alpha value is -6.10. The Balaban J connectivity index is 1.07. The van der Waals surface area contributed by atoms with Crippen LogP contribution in [0, 0.1) is 0 Å². The Morgan fingerprint density at radius 2 is 1.12 bits per heavy atom. The van der Waals surface area contributed by atoms with Crippen LogP contribution in [-0.4, -0.2) is 4.57 Å². The smallest absolute Gasteiger partial charge is 0.135 e. The lowest BCUT2D eigenvalue weighted by Crippen LogP contribution is -2.09. The first kappa shape index (κ1) is 28.9. The number of furan rings is 1. The highest BCUT2D eigenvalue weighted by atomic mass is 79.9. The molecule has 0 spiro atoms. The van der Waals surface area contributed by atoms with Crippen molar-refractivity contribution in [3.63, 3.8) is 0 Å². The summed E-state index contributed by atoms with van der Waals surface area (Å²) in [5.74, 6) is 0. The third-order valence-corrected chi connectivity index (χ3v) is 10.5. The highest BCUT2D eigenvalue weighted by Gasteiger charge is 2.18. The maximum Gasteiger partial charge on any atom is 0.135 e. The van der Waals surface area contributed by atoms with Crippen molar-refractivity contribution in [1.82, 2.24) is 4.57 Å². The Labute approximate surface area is 297 Å². The van der Waals surface area contributed by atoms with Gasteiger partial charge in [-0.15, -0.1) is 0 Å². The van der Waals surface area contributed by atoms with Crippen LogP contribution in [0.3, 0.4) is 0 Å². The SMILES string of the molecule is Brc1cccc2c1c1c3ccc(-c4ccc(N(c5ccccc5)c5ccc6oc7ccccc7c6c5)cc4)cc3ccc1n2-c1ccccc1. The first-order valence-electron chi connectivity index (χ1n) is 16.8. The summed E-state index contributed by atoms with van der Waals surface area (Å²) in [6, 6.07) is 62.6. The molecule has 0 aliphatic rings. The van der Waals surface area contributed by atoms with Gasteiger partial charge in [0.2, 0.25) is 0 Å². The van der Waals surface area contributed by atoms with Crippen molar-refractivity contribution in [3.8, 4) is 16.8 Å². The number of nitrogens with zero attached hydrogens (tertiary/aromatic N) is 2. The summed E-state index contributed by atoms with van der Waals surface area (Å²) in [6.07, 6.45) is 0. The molecule has 3 nitrogen and oxygen atoms in total. The van der Waals surface area contributed by atoms with Crippen LogP contribution in [0.15, 0.2) is 185 Å².